The molecule has 2 nitrogen and oxygen atoms in total. The SMILES string of the molecule is CCCCCCCCC(C(=C=[N+]=[N-])CCCC)=C(c1cc(CC)cc(CC)c1)c1cc(CCCCC)cc(CCCCC)c1.CCCCCCCCCCCCCCCCCCCCCCCCCCC[CH2][Pd][CH2]CCCCCCCCCCCCCCCCCCCCCCCCCCC. The average molecular weight is 1490 g/mol. The summed E-state index contributed by atoms with van der Waals surface area (Å²) in [6, 6.07) is 14.7. The van der Waals surface area contributed by atoms with Gasteiger partial charge in [0.15, 0.2) is 0 Å². The molecule has 0 amide bonds. The summed E-state index contributed by atoms with van der Waals surface area (Å²) < 4.78 is 0. The first-order chi connectivity index (χ1) is 50.0. The molecule has 0 unspecified atom stereocenters. The van der Waals surface area contributed by atoms with Crippen LogP contribution in [-0.4, -0.2) is 10.7 Å². The average Bonchev–Trinajstić information content (AvgIpc) is 0.789. The standard InChI is InChI=1S/C42H64N2.2C28H57.Pd/c1-7-13-17-18-19-22-26-41(38(33-44-43)25-16-10-4)42(39-29-34(11-5)27-35(12-6)30-39)40-31-36(23-20-14-8-2)28-37(32-40)24-21-15-9-3;2*1-3-5-7-9-11-13-15-17-19-21-23-25-27-28-26-24-22-20-18-16-14-12-10-8-6-4-2;/h27-32H,7-26H2,1-6H3;2*1,3-28H2,2H3;. The fraction of sp³-hybridized carbons (Fsp3) is 0.837. The van der Waals surface area contributed by atoms with Gasteiger partial charge in [0.2, 0.25) is 0 Å². The van der Waals surface area contributed by atoms with Crippen LogP contribution < -0.4 is 0 Å². The Labute approximate surface area is 643 Å². The van der Waals surface area contributed by atoms with E-state index in [-0.39, 0.29) is 0 Å². The molecule has 2 aromatic rings. The minimum absolute atomic E-state index is 0.892. The maximum absolute atomic E-state index is 9.84. The fourth-order valence-electron chi connectivity index (χ4n) is 15.4. The van der Waals surface area contributed by atoms with Crippen LogP contribution in [0.5, 0.6) is 0 Å². The molecule has 101 heavy (non-hydrogen) atoms. The molecule has 0 atom stereocenters. The Morgan fingerprint density at radius 2 is 0.485 bits per heavy atom. The van der Waals surface area contributed by atoms with Gasteiger partial charge in [-0.2, -0.15) is 0 Å². The Hall–Kier alpha value is -2.00. The number of hydrogen-bond donors (Lipinski definition) is 0. The molecule has 590 valence electrons. The van der Waals surface area contributed by atoms with E-state index in [0.29, 0.717) is 0 Å². The third kappa shape index (κ3) is 61.7. The molecule has 0 heterocycles. The summed E-state index contributed by atoms with van der Waals surface area (Å²) in [6.45, 7) is 18.3. The summed E-state index contributed by atoms with van der Waals surface area (Å²) in [5.74, 6) is 3.11. The summed E-state index contributed by atoms with van der Waals surface area (Å²) in [4.78, 5) is 6.63. The topological polar surface area (TPSA) is 36.4 Å². The van der Waals surface area contributed by atoms with Crippen molar-refractivity contribution in [3.05, 3.63) is 86.5 Å². The quantitative estimate of drug-likeness (QED) is 0.0158. The van der Waals surface area contributed by atoms with E-state index in [9.17, 15) is 5.53 Å². The van der Waals surface area contributed by atoms with Crippen molar-refractivity contribution in [1.82, 2.24) is 0 Å². The van der Waals surface area contributed by atoms with Crippen molar-refractivity contribution < 1.29 is 22.8 Å². The minimum Gasteiger partial charge on any atom is -0.0654 e. The molecule has 0 aromatic heterocycles. The number of hydrogen-bond acceptors (Lipinski definition) is 0. The Bertz CT molecular complexity index is 2050. The number of benzene rings is 2. The van der Waals surface area contributed by atoms with E-state index in [0.717, 1.165) is 81.3 Å². The number of nitrogens with zero attached hydrogens (tertiary/aromatic N) is 2. The van der Waals surface area contributed by atoms with Gasteiger partial charge >= 0.3 is 175 Å². The first-order valence-electron chi connectivity index (χ1n) is 46.4. The maximum atomic E-state index is 9.84. The zero-order valence-corrected chi connectivity index (χ0v) is 71.6. The number of rotatable bonds is 77. The van der Waals surface area contributed by atoms with Crippen molar-refractivity contribution in [1.29, 1.82) is 0 Å². The van der Waals surface area contributed by atoms with Crippen molar-refractivity contribution in [3.8, 4) is 0 Å². The molecule has 2 aromatic carbocycles. The van der Waals surface area contributed by atoms with Gasteiger partial charge in [-0.05, 0) is 109 Å². The summed E-state index contributed by atoms with van der Waals surface area (Å²) in [5.41, 5.74) is 22.0. The molecule has 0 N–H and O–H groups in total. The molecule has 2 rings (SSSR count). The second kappa shape index (κ2) is 79.1. The van der Waals surface area contributed by atoms with Crippen molar-refractivity contribution in [2.24, 2.45) is 0 Å². The summed E-state index contributed by atoms with van der Waals surface area (Å²) in [6.07, 6.45) is 101. The summed E-state index contributed by atoms with van der Waals surface area (Å²) in [7, 11) is 0. The normalized spacial score (nSPS) is 11.7. The second-order valence-corrected chi connectivity index (χ2v) is 34.3. The van der Waals surface area contributed by atoms with Crippen LogP contribution in [0.3, 0.4) is 0 Å². The number of aryl methyl sites for hydroxylation is 4. The van der Waals surface area contributed by atoms with E-state index < -0.39 is 0 Å². The molecule has 0 saturated heterocycles. The van der Waals surface area contributed by atoms with Crippen LogP contribution in [0.4, 0.5) is 0 Å². The van der Waals surface area contributed by atoms with E-state index in [2.05, 4.69) is 102 Å². The molecule has 0 aliphatic carbocycles. The van der Waals surface area contributed by atoms with E-state index in [1.165, 1.54) is 449 Å². The van der Waals surface area contributed by atoms with E-state index >= 15 is 0 Å². The van der Waals surface area contributed by atoms with E-state index in [4.69, 9.17) is 0 Å². The zero-order chi connectivity index (χ0) is 72.9. The van der Waals surface area contributed by atoms with Gasteiger partial charge < -0.3 is 5.53 Å². The van der Waals surface area contributed by atoms with Crippen LogP contribution in [0, 0.1) is 0 Å². The first-order valence-corrected chi connectivity index (χ1v) is 48.6. The van der Waals surface area contributed by atoms with Crippen molar-refractivity contribution in [3.63, 3.8) is 0 Å². The molecule has 0 aliphatic heterocycles. The molecule has 0 bridgehead atoms. The monoisotopic (exact) mass is 1490 g/mol. The Morgan fingerprint density at radius 1 is 0.257 bits per heavy atom. The molecule has 0 saturated carbocycles. The van der Waals surface area contributed by atoms with Gasteiger partial charge in [-0.15, -0.1) is 4.79 Å². The van der Waals surface area contributed by atoms with Gasteiger partial charge in [0.05, 0.1) is 5.57 Å². The molecule has 0 aliphatic rings. The van der Waals surface area contributed by atoms with Crippen LogP contribution in [0.15, 0.2) is 47.5 Å². The van der Waals surface area contributed by atoms with Crippen molar-refractivity contribution in [2.75, 3.05) is 0 Å². The molecule has 0 fully saturated rings. The third-order valence-electron chi connectivity index (χ3n) is 22.2. The van der Waals surface area contributed by atoms with Crippen molar-refractivity contribution >= 4 is 11.4 Å². The summed E-state index contributed by atoms with van der Waals surface area (Å²) >= 11 is 1.05. The molecule has 0 spiro atoms. The van der Waals surface area contributed by atoms with Crippen molar-refractivity contribution in [2.45, 2.75) is 527 Å². The van der Waals surface area contributed by atoms with E-state index in [1.807, 2.05) is 0 Å². The van der Waals surface area contributed by atoms with E-state index in [1.54, 1.807) is 9.79 Å². The van der Waals surface area contributed by atoms with Crippen LogP contribution in [0.1, 0.15) is 525 Å². The first kappa shape index (κ1) is 97.0. The van der Waals surface area contributed by atoms with Crippen LogP contribution in [-0.2, 0) is 43.7 Å². The molecule has 3 heteroatoms. The summed E-state index contributed by atoms with van der Waals surface area (Å²) in [5, 5.41) is 0. The second-order valence-electron chi connectivity index (χ2n) is 32.0. The Kier molecular flexibility index (Phi) is 75.9. The predicted molar refractivity (Wildman–Crippen MR) is 455 cm³/mol. The molecular formula is C98H178N2Pd. The Morgan fingerprint density at radius 3 is 0.743 bits per heavy atom. The third-order valence-corrected chi connectivity index (χ3v) is 24.4. The predicted octanol–water partition coefficient (Wildman–Crippen LogP) is 35.1. The van der Waals surface area contributed by atoms with Gasteiger partial charge in [0.1, 0.15) is 0 Å². The van der Waals surface area contributed by atoms with Gasteiger partial charge in [0.25, 0.3) is 0 Å². The minimum atomic E-state index is 0.892. The zero-order valence-electron chi connectivity index (χ0n) is 70.0. The van der Waals surface area contributed by atoms with Gasteiger partial charge in [-0.25, -0.2) is 0 Å². The van der Waals surface area contributed by atoms with Crippen LogP contribution in [0.2, 0.25) is 9.79 Å². The van der Waals surface area contributed by atoms with Gasteiger partial charge in [-0.3, -0.25) is 0 Å². The van der Waals surface area contributed by atoms with Gasteiger partial charge in [0, 0.05) is 0 Å². The number of allylic oxidation sites excluding steroid dienone is 2. The molecule has 0 radical (unpaired) electrons. The van der Waals surface area contributed by atoms with Crippen LogP contribution in [0.25, 0.3) is 11.1 Å². The number of unbranched alkanes of at least 4 members (excludes halogenated alkanes) is 60. The van der Waals surface area contributed by atoms with Crippen LogP contribution >= 0.6 is 0 Å². The Balaban J connectivity index is 0.00000104. The fourth-order valence-corrected chi connectivity index (χ4v) is 17.4. The van der Waals surface area contributed by atoms with Gasteiger partial charge in [-0.1, -0.05) is 349 Å². The molecular weight excluding hydrogens is 1310 g/mol. The smallest absolute Gasteiger partial charge is 0.0654 e.